The Morgan fingerprint density at radius 1 is 0.905 bits per heavy atom. The molecule has 0 atom stereocenters. The molecule has 0 N–H and O–H groups in total. The topological polar surface area (TPSA) is 35.3 Å². The normalized spacial score (nSPS) is 10.6. The summed E-state index contributed by atoms with van der Waals surface area (Å²) in [5.41, 5.74) is 2.45. The summed E-state index contributed by atoms with van der Waals surface area (Å²) in [4.78, 5) is 4.25. The molecule has 0 aliphatic rings. The third-order valence-corrected chi connectivity index (χ3v) is 3.48. The predicted molar refractivity (Wildman–Crippen MR) is 83.9 cm³/mol. The molecule has 0 aliphatic carbocycles. The summed E-state index contributed by atoms with van der Waals surface area (Å²) in [5.74, 6) is 1.39. The second kappa shape index (κ2) is 5.80. The Kier molecular flexibility index (Phi) is 3.86. The van der Waals surface area contributed by atoms with Gasteiger partial charge in [0.05, 0.1) is 7.11 Å². The van der Waals surface area contributed by atoms with E-state index in [4.69, 9.17) is 32.4 Å². The maximum absolute atomic E-state index is 5.93. The fourth-order valence-electron chi connectivity index (χ4n) is 2.04. The van der Waals surface area contributed by atoms with Crippen molar-refractivity contribution in [2.75, 3.05) is 7.11 Å². The molecule has 2 aromatic carbocycles. The van der Waals surface area contributed by atoms with Crippen LogP contribution in [0.4, 0.5) is 0 Å². The third-order valence-electron chi connectivity index (χ3n) is 3.07. The molecule has 1 heterocycles. The van der Waals surface area contributed by atoms with E-state index in [2.05, 4.69) is 4.98 Å². The van der Waals surface area contributed by atoms with Crippen molar-refractivity contribution in [3.8, 4) is 28.3 Å². The van der Waals surface area contributed by atoms with Crippen LogP contribution in [0.25, 0.3) is 22.6 Å². The highest BCUT2D eigenvalue weighted by Crippen LogP contribution is 2.35. The van der Waals surface area contributed by atoms with E-state index in [0.717, 1.165) is 16.9 Å². The van der Waals surface area contributed by atoms with Crippen LogP contribution in [0.3, 0.4) is 0 Å². The number of hydrogen-bond acceptors (Lipinski definition) is 3. The molecule has 0 radical (unpaired) electrons. The first-order valence-electron chi connectivity index (χ1n) is 6.24. The van der Waals surface area contributed by atoms with Gasteiger partial charge in [0.2, 0.25) is 0 Å². The summed E-state index contributed by atoms with van der Waals surface area (Å²) in [6, 6.07) is 14.9. The lowest BCUT2D eigenvalue weighted by atomic mass is 10.1. The Balaban J connectivity index is 2.08. The quantitative estimate of drug-likeness (QED) is 0.655. The zero-order chi connectivity index (χ0) is 14.8. The van der Waals surface area contributed by atoms with Crippen molar-refractivity contribution in [2.24, 2.45) is 0 Å². The molecule has 3 aromatic rings. The minimum absolute atomic E-state index is 0.103. The fourth-order valence-corrected chi connectivity index (χ4v) is 2.32. The Morgan fingerprint density at radius 3 is 2.14 bits per heavy atom. The van der Waals surface area contributed by atoms with E-state index in [9.17, 15) is 0 Å². The fraction of sp³-hybridized carbons (Fsp3) is 0.0625. The number of rotatable bonds is 3. The number of oxazole rings is 1. The number of methoxy groups -OCH3 is 1. The first kappa shape index (κ1) is 14.0. The van der Waals surface area contributed by atoms with Crippen LogP contribution in [0.2, 0.25) is 10.4 Å². The Bertz CT molecular complexity index is 749. The van der Waals surface area contributed by atoms with E-state index in [1.54, 1.807) is 19.2 Å². The van der Waals surface area contributed by atoms with Gasteiger partial charge in [-0.3, -0.25) is 0 Å². The van der Waals surface area contributed by atoms with Crippen LogP contribution in [0.15, 0.2) is 52.9 Å². The average molecular weight is 320 g/mol. The average Bonchev–Trinajstić information content (AvgIpc) is 2.90. The van der Waals surface area contributed by atoms with Crippen molar-refractivity contribution < 1.29 is 9.15 Å². The van der Waals surface area contributed by atoms with Crippen molar-refractivity contribution in [3.05, 3.63) is 58.9 Å². The van der Waals surface area contributed by atoms with Gasteiger partial charge in [-0.1, -0.05) is 23.7 Å². The Labute approximate surface area is 132 Å². The van der Waals surface area contributed by atoms with E-state index >= 15 is 0 Å². The van der Waals surface area contributed by atoms with Crippen LogP contribution in [-0.2, 0) is 0 Å². The highest BCUT2D eigenvalue weighted by molar-refractivity contribution is 6.30. The molecular formula is C16H11Cl2NO2. The second-order valence-corrected chi connectivity index (χ2v) is 5.14. The largest absolute Gasteiger partial charge is 0.497 e. The van der Waals surface area contributed by atoms with Crippen LogP contribution < -0.4 is 4.74 Å². The van der Waals surface area contributed by atoms with Crippen LogP contribution in [0, 0.1) is 0 Å². The second-order valence-electron chi connectivity index (χ2n) is 4.38. The summed E-state index contributed by atoms with van der Waals surface area (Å²) in [7, 11) is 1.62. The maximum atomic E-state index is 5.93. The molecule has 3 nitrogen and oxygen atoms in total. The lowest BCUT2D eigenvalue weighted by molar-refractivity contribution is 0.415. The summed E-state index contributed by atoms with van der Waals surface area (Å²) >= 11 is 11.8. The summed E-state index contributed by atoms with van der Waals surface area (Å²) in [6.45, 7) is 0. The molecule has 106 valence electrons. The van der Waals surface area contributed by atoms with Crippen molar-refractivity contribution in [1.82, 2.24) is 4.98 Å². The highest BCUT2D eigenvalue weighted by atomic mass is 35.5. The molecule has 0 unspecified atom stereocenters. The predicted octanol–water partition coefficient (Wildman–Crippen LogP) is 5.32. The number of hydrogen-bond donors (Lipinski definition) is 0. The van der Waals surface area contributed by atoms with Gasteiger partial charge in [0, 0.05) is 16.1 Å². The minimum Gasteiger partial charge on any atom is -0.497 e. The van der Waals surface area contributed by atoms with Gasteiger partial charge in [0.15, 0.2) is 5.76 Å². The molecule has 0 fully saturated rings. The number of benzene rings is 2. The SMILES string of the molecule is COc1ccc(-c2oc(Cl)nc2-c2ccc(Cl)cc2)cc1. The lowest BCUT2D eigenvalue weighted by Gasteiger charge is -2.03. The van der Waals surface area contributed by atoms with Crippen LogP contribution in [0.5, 0.6) is 5.75 Å². The summed E-state index contributed by atoms with van der Waals surface area (Å²) < 4.78 is 10.7. The van der Waals surface area contributed by atoms with Gasteiger partial charge in [-0.05, 0) is 48.0 Å². The van der Waals surface area contributed by atoms with Gasteiger partial charge in [-0.15, -0.1) is 0 Å². The monoisotopic (exact) mass is 319 g/mol. The van der Waals surface area contributed by atoms with E-state index in [-0.39, 0.29) is 5.35 Å². The zero-order valence-electron chi connectivity index (χ0n) is 11.1. The van der Waals surface area contributed by atoms with Crippen LogP contribution in [-0.4, -0.2) is 12.1 Å². The van der Waals surface area contributed by atoms with Gasteiger partial charge < -0.3 is 9.15 Å². The molecule has 21 heavy (non-hydrogen) atoms. The molecule has 5 heteroatoms. The number of nitrogens with zero attached hydrogens (tertiary/aromatic N) is 1. The summed E-state index contributed by atoms with van der Waals surface area (Å²) in [5, 5.41) is 0.769. The van der Waals surface area contributed by atoms with Gasteiger partial charge >= 0.3 is 0 Å². The molecule has 3 rings (SSSR count). The minimum atomic E-state index is 0.103. The van der Waals surface area contributed by atoms with Crippen LogP contribution in [0.1, 0.15) is 0 Å². The standard InChI is InChI=1S/C16H11Cl2NO2/c1-20-13-8-4-11(5-9-13)15-14(19-16(18)21-15)10-2-6-12(17)7-3-10/h2-9H,1H3. The van der Waals surface area contributed by atoms with Gasteiger partial charge in [0.25, 0.3) is 5.35 Å². The van der Waals surface area contributed by atoms with Crippen molar-refractivity contribution in [1.29, 1.82) is 0 Å². The molecule has 0 amide bonds. The number of ether oxygens (including phenoxy) is 1. The molecule has 0 bridgehead atoms. The van der Waals surface area contributed by atoms with Crippen LogP contribution >= 0.6 is 23.2 Å². The molecule has 0 aliphatic heterocycles. The van der Waals surface area contributed by atoms with E-state index < -0.39 is 0 Å². The maximum Gasteiger partial charge on any atom is 0.293 e. The number of aromatic nitrogens is 1. The van der Waals surface area contributed by atoms with Gasteiger partial charge in [-0.25, -0.2) is 0 Å². The van der Waals surface area contributed by atoms with Gasteiger partial charge in [-0.2, -0.15) is 4.98 Å². The molecule has 1 aromatic heterocycles. The van der Waals surface area contributed by atoms with E-state index in [1.165, 1.54) is 0 Å². The van der Waals surface area contributed by atoms with Crippen molar-refractivity contribution in [3.63, 3.8) is 0 Å². The van der Waals surface area contributed by atoms with Crippen molar-refractivity contribution in [2.45, 2.75) is 0 Å². The first-order valence-corrected chi connectivity index (χ1v) is 6.99. The Hall–Kier alpha value is -1.97. The third kappa shape index (κ3) is 2.89. The molecular weight excluding hydrogens is 309 g/mol. The smallest absolute Gasteiger partial charge is 0.293 e. The summed E-state index contributed by atoms with van der Waals surface area (Å²) in [6.07, 6.45) is 0. The molecule has 0 saturated heterocycles. The molecule has 0 spiro atoms. The van der Waals surface area contributed by atoms with E-state index in [1.807, 2.05) is 36.4 Å². The van der Waals surface area contributed by atoms with E-state index in [0.29, 0.717) is 16.5 Å². The number of halogens is 2. The Morgan fingerprint density at radius 2 is 1.52 bits per heavy atom. The lowest BCUT2D eigenvalue weighted by Crippen LogP contribution is -1.84. The van der Waals surface area contributed by atoms with Crippen molar-refractivity contribution >= 4 is 23.2 Å². The molecule has 0 saturated carbocycles. The first-order chi connectivity index (χ1) is 10.2. The van der Waals surface area contributed by atoms with Gasteiger partial charge in [0.1, 0.15) is 11.4 Å². The zero-order valence-corrected chi connectivity index (χ0v) is 12.7. The highest BCUT2D eigenvalue weighted by Gasteiger charge is 2.16.